The minimum atomic E-state index is 0.653. The summed E-state index contributed by atoms with van der Waals surface area (Å²) >= 11 is 0. The third-order valence-corrected chi connectivity index (χ3v) is 2.74. The monoisotopic (exact) mass is 181 g/mol. The fraction of sp³-hybridized carbons (Fsp3) is 0.900. The second-order valence-electron chi connectivity index (χ2n) is 3.72. The lowest BCUT2D eigenvalue weighted by molar-refractivity contribution is 0.229. The van der Waals surface area contributed by atoms with E-state index in [0.717, 1.165) is 19.6 Å². The summed E-state index contributed by atoms with van der Waals surface area (Å²) < 4.78 is 0. The zero-order chi connectivity index (χ0) is 9.52. The highest BCUT2D eigenvalue weighted by Gasteiger charge is 2.15. The summed E-state index contributed by atoms with van der Waals surface area (Å²) in [5.74, 6) is 0. The predicted octanol–water partition coefficient (Wildman–Crippen LogP) is 0.974. The van der Waals surface area contributed by atoms with Gasteiger partial charge in [-0.1, -0.05) is 0 Å². The Balaban J connectivity index is 2.27. The molecule has 1 fully saturated rings. The number of nitriles is 1. The first-order chi connectivity index (χ1) is 6.34. The van der Waals surface area contributed by atoms with Crippen molar-refractivity contribution in [2.24, 2.45) is 0 Å². The van der Waals surface area contributed by atoms with Crippen molar-refractivity contribution in [1.82, 2.24) is 10.2 Å². The second kappa shape index (κ2) is 5.95. The average Bonchev–Trinajstić information content (AvgIpc) is 2.42. The van der Waals surface area contributed by atoms with Crippen LogP contribution in [-0.2, 0) is 0 Å². The van der Waals surface area contributed by atoms with Crippen molar-refractivity contribution in [3.8, 4) is 6.07 Å². The minimum Gasteiger partial charge on any atom is -0.317 e. The molecule has 1 rings (SSSR count). The first-order valence-electron chi connectivity index (χ1n) is 5.12. The Bertz CT molecular complexity index is 165. The smallest absolute Gasteiger partial charge is 0.0635 e. The fourth-order valence-corrected chi connectivity index (χ4v) is 1.85. The van der Waals surface area contributed by atoms with Gasteiger partial charge in [0.1, 0.15) is 0 Å². The van der Waals surface area contributed by atoms with E-state index in [-0.39, 0.29) is 0 Å². The maximum Gasteiger partial charge on any atom is 0.0635 e. The number of hydrogen-bond donors (Lipinski definition) is 1. The van der Waals surface area contributed by atoms with E-state index >= 15 is 0 Å². The van der Waals surface area contributed by atoms with Gasteiger partial charge in [-0.15, -0.1) is 0 Å². The molecule has 0 radical (unpaired) electrons. The van der Waals surface area contributed by atoms with E-state index in [9.17, 15) is 0 Å². The summed E-state index contributed by atoms with van der Waals surface area (Å²) in [6.07, 6.45) is 4.42. The van der Waals surface area contributed by atoms with Crippen LogP contribution < -0.4 is 5.32 Å². The van der Waals surface area contributed by atoms with E-state index in [1.807, 2.05) is 0 Å². The van der Waals surface area contributed by atoms with Gasteiger partial charge >= 0.3 is 0 Å². The largest absolute Gasteiger partial charge is 0.317 e. The second-order valence-corrected chi connectivity index (χ2v) is 3.72. The number of rotatable bonds is 3. The van der Waals surface area contributed by atoms with Crippen LogP contribution in [0.3, 0.4) is 0 Å². The van der Waals surface area contributed by atoms with E-state index in [1.165, 1.54) is 19.3 Å². The topological polar surface area (TPSA) is 39.1 Å². The highest BCUT2D eigenvalue weighted by atomic mass is 15.1. The lowest BCUT2D eigenvalue weighted by atomic mass is 10.1. The van der Waals surface area contributed by atoms with Crippen LogP contribution in [0.2, 0.25) is 0 Å². The molecule has 0 aromatic rings. The van der Waals surface area contributed by atoms with Gasteiger partial charge in [0.05, 0.1) is 6.07 Å². The molecule has 3 heteroatoms. The van der Waals surface area contributed by atoms with Crippen LogP contribution in [0.1, 0.15) is 25.7 Å². The summed E-state index contributed by atoms with van der Waals surface area (Å²) in [6, 6.07) is 2.88. The molecule has 1 unspecified atom stereocenters. The molecule has 0 amide bonds. The molecule has 0 aliphatic carbocycles. The van der Waals surface area contributed by atoms with Crippen LogP contribution in [0.15, 0.2) is 0 Å². The Morgan fingerprint density at radius 2 is 2.31 bits per heavy atom. The van der Waals surface area contributed by atoms with Crippen molar-refractivity contribution < 1.29 is 0 Å². The zero-order valence-electron chi connectivity index (χ0n) is 8.42. The average molecular weight is 181 g/mol. The molecule has 1 atom stereocenters. The molecule has 74 valence electrons. The Morgan fingerprint density at radius 1 is 1.46 bits per heavy atom. The highest BCUT2D eigenvalue weighted by Crippen LogP contribution is 2.11. The molecule has 1 saturated heterocycles. The molecule has 0 saturated carbocycles. The SMILES string of the molecule is CN(CCC#N)C1CCCNCC1. The van der Waals surface area contributed by atoms with Crippen LogP contribution >= 0.6 is 0 Å². The van der Waals surface area contributed by atoms with Gasteiger partial charge in [0.2, 0.25) is 0 Å². The fourth-order valence-electron chi connectivity index (χ4n) is 1.85. The summed E-state index contributed by atoms with van der Waals surface area (Å²) in [4.78, 5) is 2.33. The van der Waals surface area contributed by atoms with Crippen LogP contribution in [0.5, 0.6) is 0 Å². The number of nitrogens with one attached hydrogen (secondary N) is 1. The van der Waals surface area contributed by atoms with Crippen LogP contribution in [0.4, 0.5) is 0 Å². The molecular weight excluding hydrogens is 162 g/mol. The summed E-state index contributed by atoms with van der Waals surface area (Å²) in [7, 11) is 2.13. The lowest BCUT2D eigenvalue weighted by Crippen LogP contribution is -2.33. The Morgan fingerprint density at radius 3 is 3.08 bits per heavy atom. The molecule has 0 bridgehead atoms. The van der Waals surface area contributed by atoms with Gasteiger partial charge in [-0.05, 0) is 39.4 Å². The van der Waals surface area contributed by atoms with Gasteiger partial charge < -0.3 is 10.2 Å². The van der Waals surface area contributed by atoms with Gasteiger partial charge in [0.25, 0.3) is 0 Å². The summed E-state index contributed by atoms with van der Waals surface area (Å²) in [5.41, 5.74) is 0. The standard InChI is InChI=1S/C10H19N3/c1-13(9-3-6-11)10-4-2-7-12-8-5-10/h10,12H,2-5,7-9H2,1H3. The number of hydrogen-bond acceptors (Lipinski definition) is 3. The Kier molecular flexibility index (Phi) is 4.81. The van der Waals surface area contributed by atoms with Gasteiger partial charge in [0, 0.05) is 19.0 Å². The van der Waals surface area contributed by atoms with E-state index in [1.54, 1.807) is 0 Å². The van der Waals surface area contributed by atoms with Gasteiger partial charge in [0.15, 0.2) is 0 Å². The zero-order valence-corrected chi connectivity index (χ0v) is 8.42. The Labute approximate surface area is 80.7 Å². The molecule has 1 heterocycles. The van der Waals surface area contributed by atoms with Gasteiger partial charge in [-0.3, -0.25) is 0 Å². The molecule has 1 aliphatic rings. The maximum absolute atomic E-state index is 8.48. The van der Waals surface area contributed by atoms with Crippen molar-refractivity contribution in [1.29, 1.82) is 5.26 Å². The minimum absolute atomic E-state index is 0.653. The van der Waals surface area contributed by atoms with Crippen molar-refractivity contribution in [3.05, 3.63) is 0 Å². The molecule has 3 nitrogen and oxygen atoms in total. The number of nitrogens with zero attached hydrogens (tertiary/aromatic N) is 2. The van der Waals surface area contributed by atoms with E-state index in [2.05, 4.69) is 23.3 Å². The molecule has 0 aromatic carbocycles. The van der Waals surface area contributed by atoms with Gasteiger partial charge in [-0.25, -0.2) is 0 Å². The summed E-state index contributed by atoms with van der Waals surface area (Å²) in [5, 5.41) is 11.9. The van der Waals surface area contributed by atoms with E-state index in [4.69, 9.17) is 5.26 Å². The molecule has 1 N–H and O–H groups in total. The van der Waals surface area contributed by atoms with Crippen molar-refractivity contribution in [3.63, 3.8) is 0 Å². The molecule has 0 spiro atoms. The van der Waals surface area contributed by atoms with Crippen molar-refractivity contribution in [2.45, 2.75) is 31.7 Å². The first kappa shape index (κ1) is 10.5. The summed E-state index contributed by atoms with van der Waals surface area (Å²) in [6.45, 7) is 3.20. The van der Waals surface area contributed by atoms with E-state index in [0.29, 0.717) is 12.5 Å². The van der Waals surface area contributed by atoms with Crippen LogP contribution in [0.25, 0.3) is 0 Å². The van der Waals surface area contributed by atoms with Crippen molar-refractivity contribution >= 4 is 0 Å². The van der Waals surface area contributed by atoms with Crippen LogP contribution in [0, 0.1) is 11.3 Å². The third-order valence-electron chi connectivity index (χ3n) is 2.74. The van der Waals surface area contributed by atoms with Gasteiger partial charge in [-0.2, -0.15) is 5.26 Å². The lowest BCUT2D eigenvalue weighted by Gasteiger charge is -2.25. The van der Waals surface area contributed by atoms with Crippen LogP contribution in [-0.4, -0.2) is 37.6 Å². The normalized spacial score (nSPS) is 23.9. The highest BCUT2D eigenvalue weighted by molar-refractivity contribution is 4.77. The first-order valence-corrected chi connectivity index (χ1v) is 5.12. The van der Waals surface area contributed by atoms with Crippen molar-refractivity contribution in [2.75, 3.05) is 26.7 Å². The molecular formula is C10H19N3. The molecule has 0 aromatic heterocycles. The predicted molar refractivity (Wildman–Crippen MR) is 53.4 cm³/mol. The molecule has 1 aliphatic heterocycles. The quantitative estimate of drug-likeness (QED) is 0.705. The third kappa shape index (κ3) is 3.75. The maximum atomic E-state index is 8.48. The Hall–Kier alpha value is -0.590. The van der Waals surface area contributed by atoms with E-state index < -0.39 is 0 Å². The molecule has 13 heavy (non-hydrogen) atoms.